The number of hydrogen-bond acceptors (Lipinski definition) is 5. The van der Waals surface area contributed by atoms with Gasteiger partial charge in [0, 0.05) is 18.6 Å². The van der Waals surface area contributed by atoms with Gasteiger partial charge in [-0.05, 0) is 91.3 Å². The Bertz CT molecular complexity index is 1030. The lowest BCUT2D eigenvalue weighted by Gasteiger charge is -2.58. The third-order valence-corrected chi connectivity index (χ3v) is 11.5. The summed E-state index contributed by atoms with van der Waals surface area (Å²) < 4.78 is 6.31. The fourth-order valence-electron chi connectivity index (χ4n) is 9.48. The van der Waals surface area contributed by atoms with E-state index in [1.54, 1.807) is 0 Å². The van der Waals surface area contributed by atoms with Crippen LogP contribution in [-0.2, 0) is 4.74 Å². The Labute approximate surface area is 228 Å². The van der Waals surface area contributed by atoms with E-state index in [1.807, 2.05) is 0 Å². The molecule has 0 radical (unpaired) electrons. The van der Waals surface area contributed by atoms with Crippen molar-refractivity contribution >= 4 is 6.16 Å². The van der Waals surface area contributed by atoms with Crippen LogP contribution in [0, 0.1) is 46.3 Å². The Hall–Kier alpha value is -2.11. The average Bonchev–Trinajstić information content (AvgIpc) is 3.38. The van der Waals surface area contributed by atoms with Gasteiger partial charge in [-0.15, -0.1) is 4.73 Å². The number of ether oxygens (including phenoxy) is 1. The van der Waals surface area contributed by atoms with Crippen molar-refractivity contribution in [1.82, 2.24) is 4.73 Å². The summed E-state index contributed by atoms with van der Waals surface area (Å²) in [6, 6.07) is 2.51. The average molecular weight is 528 g/mol. The van der Waals surface area contributed by atoms with Crippen molar-refractivity contribution in [3.63, 3.8) is 0 Å². The molecule has 4 aliphatic rings. The Morgan fingerprint density at radius 2 is 1.76 bits per heavy atom. The van der Waals surface area contributed by atoms with Gasteiger partial charge >= 0.3 is 6.16 Å². The summed E-state index contributed by atoms with van der Waals surface area (Å²) >= 11 is 0. The third kappa shape index (κ3) is 4.86. The maximum Gasteiger partial charge on any atom is 0.534 e. The summed E-state index contributed by atoms with van der Waals surface area (Å²) in [6.45, 7) is 12.3. The second kappa shape index (κ2) is 10.5. The fraction of sp³-hybridized carbons (Fsp3) is 0.781. The first-order valence-corrected chi connectivity index (χ1v) is 15.2. The van der Waals surface area contributed by atoms with Crippen molar-refractivity contribution in [2.75, 3.05) is 0 Å². The van der Waals surface area contributed by atoms with Gasteiger partial charge in [0.2, 0.25) is 11.8 Å². The molecule has 3 saturated carbocycles. The molecule has 1 heterocycles. The van der Waals surface area contributed by atoms with E-state index >= 15 is 0 Å². The molecule has 5 rings (SSSR count). The lowest BCUT2D eigenvalue weighted by molar-refractivity contribution is -0.0624. The second-order valence-corrected chi connectivity index (χ2v) is 14.0. The van der Waals surface area contributed by atoms with Crippen molar-refractivity contribution in [2.45, 2.75) is 111 Å². The molecule has 0 spiro atoms. The van der Waals surface area contributed by atoms with Gasteiger partial charge in [0.25, 0.3) is 0 Å². The number of fused-ring (bicyclic) bond motifs is 5. The van der Waals surface area contributed by atoms with Crippen LogP contribution in [0.4, 0.5) is 4.79 Å². The maximum atomic E-state index is 12.4. The molecule has 0 aliphatic heterocycles. The van der Waals surface area contributed by atoms with Crippen molar-refractivity contribution in [1.29, 1.82) is 0 Å². The van der Waals surface area contributed by atoms with Gasteiger partial charge in [0.15, 0.2) is 0 Å². The normalized spacial score (nSPS) is 37.1. The summed E-state index contributed by atoms with van der Waals surface area (Å²) in [5.41, 5.74) is 2.13. The number of aromatic hydroxyl groups is 2. The molecule has 0 saturated heterocycles. The summed E-state index contributed by atoms with van der Waals surface area (Å²) in [6.07, 6.45) is 14.7. The lowest BCUT2D eigenvalue weighted by Crippen LogP contribution is -2.51. The Morgan fingerprint density at radius 1 is 1.03 bits per heavy atom. The van der Waals surface area contributed by atoms with E-state index in [4.69, 9.17) is 9.57 Å². The van der Waals surface area contributed by atoms with E-state index in [-0.39, 0.29) is 23.3 Å². The molecule has 8 unspecified atom stereocenters. The molecule has 6 nitrogen and oxygen atoms in total. The number of aromatic nitrogens is 1. The first kappa shape index (κ1) is 27.5. The topological polar surface area (TPSA) is 80.9 Å². The van der Waals surface area contributed by atoms with E-state index in [1.165, 1.54) is 62.7 Å². The number of hydrogen-bond donors (Lipinski definition) is 2. The molecule has 1 aromatic rings. The molecule has 0 bridgehead atoms. The third-order valence-electron chi connectivity index (χ3n) is 11.5. The molecule has 0 amide bonds. The summed E-state index contributed by atoms with van der Waals surface area (Å²) in [7, 11) is 0. The minimum Gasteiger partial charge on any atom is -0.492 e. The molecule has 1 aromatic heterocycles. The van der Waals surface area contributed by atoms with Gasteiger partial charge in [-0.3, -0.25) is 4.84 Å². The highest BCUT2D eigenvalue weighted by Gasteiger charge is 2.59. The molecule has 0 aromatic carbocycles. The van der Waals surface area contributed by atoms with Crippen molar-refractivity contribution in [3.8, 4) is 11.8 Å². The first-order valence-electron chi connectivity index (χ1n) is 15.2. The zero-order valence-corrected chi connectivity index (χ0v) is 24.1. The van der Waals surface area contributed by atoms with Gasteiger partial charge in [-0.25, -0.2) is 4.79 Å². The minimum atomic E-state index is -0.900. The fourth-order valence-corrected chi connectivity index (χ4v) is 9.48. The van der Waals surface area contributed by atoms with Gasteiger partial charge < -0.3 is 14.9 Å². The molecular formula is C32H49NO5. The Balaban J connectivity index is 1.23. The van der Waals surface area contributed by atoms with E-state index < -0.39 is 6.16 Å². The summed E-state index contributed by atoms with van der Waals surface area (Å²) in [5.74, 6) is 4.14. The highest BCUT2D eigenvalue weighted by atomic mass is 16.8. The van der Waals surface area contributed by atoms with Crippen LogP contribution in [-0.4, -0.2) is 27.2 Å². The molecule has 3 fully saturated rings. The number of nitrogens with zero attached hydrogens (tertiary/aromatic N) is 1. The monoisotopic (exact) mass is 527 g/mol. The van der Waals surface area contributed by atoms with Crippen LogP contribution in [0.5, 0.6) is 11.8 Å². The highest BCUT2D eigenvalue weighted by Crippen LogP contribution is 2.67. The van der Waals surface area contributed by atoms with Crippen LogP contribution >= 0.6 is 0 Å². The second-order valence-electron chi connectivity index (χ2n) is 14.0. The maximum absolute atomic E-state index is 12.4. The quantitative estimate of drug-likeness (QED) is 0.278. The van der Waals surface area contributed by atoms with Gasteiger partial charge in [0.05, 0.1) is 0 Å². The Kier molecular flexibility index (Phi) is 7.56. The van der Waals surface area contributed by atoms with E-state index in [2.05, 4.69) is 40.7 Å². The molecule has 2 N–H and O–H groups in total. The van der Waals surface area contributed by atoms with Crippen molar-refractivity contribution < 1.29 is 24.6 Å². The van der Waals surface area contributed by atoms with E-state index in [0.29, 0.717) is 10.1 Å². The predicted octanol–water partition coefficient (Wildman–Crippen LogP) is 7.87. The van der Waals surface area contributed by atoms with Gasteiger partial charge in [-0.2, -0.15) is 0 Å². The van der Waals surface area contributed by atoms with E-state index in [0.717, 1.165) is 61.2 Å². The summed E-state index contributed by atoms with van der Waals surface area (Å²) in [5, 5.41) is 19.5. The van der Waals surface area contributed by atoms with Crippen molar-refractivity contribution in [3.05, 3.63) is 23.8 Å². The first-order chi connectivity index (χ1) is 18.0. The van der Waals surface area contributed by atoms with Crippen molar-refractivity contribution in [2.24, 2.45) is 46.3 Å². The van der Waals surface area contributed by atoms with Crippen LogP contribution in [0.1, 0.15) is 105 Å². The smallest absolute Gasteiger partial charge is 0.492 e. The van der Waals surface area contributed by atoms with Gasteiger partial charge in [0.1, 0.15) is 6.10 Å². The number of rotatable bonds is 7. The van der Waals surface area contributed by atoms with Crippen LogP contribution < -0.4 is 4.84 Å². The molecule has 212 valence electrons. The largest absolute Gasteiger partial charge is 0.534 e. The van der Waals surface area contributed by atoms with Gasteiger partial charge in [-0.1, -0.05) is 65.5 Å². The van der Waals surface area contributed by atoms with Crippen LogP contribution in [0.15, 0.2) is 23.8 Å². The molecule has 4 aliphatic carbocycles. The number of allylic oxidation sites excluding steroid dienone is 1. The molecule has 38 heavy (non-hydrogen) atoms. The minimum absolute atomic E-state index is 0.186. The van der Waals surface area contributed by atoms with Crippen LogP contribution in [0.25, 0.3) is 0 Å². The Morgan fingerprint density at radius 3 is 2.47 bits per heavy atom. The molecule has 6 heteroatoms. The lowest BCUT2D eigenvalue weighted by atomic mass is 9.47. The predicted molar refractivity (Wildman–Crippen MR) is 148 cm³/mol. The highest BCUT2D eigenvalue weighted by molar-refractivity contribution is 5.61. The zero-order valence-electron chi connectivity index (χ0n) is 24.1. The molecular weight excluding hydrogens is 478 g/mol. The SMILES string of the molecule is CC(C)CCCC(C)C1CCC2C3CC=C4CC(OC(=O)On5c(O)ccc5O)CCC4(C)C3CCC12C. The molecule has 8 atom stereocenters. The van der Waals surface area contributed by atoms with Crippen LogP contribution in [0.2, 0.25) is 0 Å². The number of carbonyl (C=O) groups is 1. The van der Waals surface area contributed by atoms with Crippen LogP contribution in [0.3, 0.4) is 0 Å². The number of carbonyl (C=O) groups excluding carboxylic acids is 1. The van der Waals surface area contributed by atoms with E-state index in [9.17, 15) is 15.0 Å². The zero-order chi connectivity index (χ0) is 27.2. The standard InChI is InChI=1S/C32H49NO5/c1-20(2)7-6-8-21(3)25-11-12-26-24-10-9-22-19-23(37-30(36)38-33-28(34)13-14-29(33)35)15-17-31(22,4)27(24)16-18-32(25,26)5/h9,13-14,20-21,23-27,34-35H,6-8,10-12,15-19H2,1-5H3. The summed E-state index contributed by atoms with van der Waals surface area (Å²) in [4.78, 5) is 17.4.